The van der Waals surface area contributed by atoms with Crippen LogP contribution in [-0.2, 0) is 9.22 Å². The molecule has 0 aliphatic heterocycles. The summed E-state index contributed by atoms with van der Waals surface area (Å²) in [5, 5.41) is 0.259. The van der Waals surface area contributed by atoms with E-state index in [9.17, 15) is 4.79 Å². The summed E-state index contributed by atoms with van der Waals surface area (Å²) in [5.41, 5.74) is 0.664. The van der Waals surface area contributed by atoms with Crippen LogP contribution in [0.2, 0.25) is 18.1 Å². The Labute approximate surface area is 193 Å². The fourth-order valence-corrected chi connectivity index (χ4v) is 10.2. The monoisotopic (exact) mass is 446 g/mol. The first-order valence-corrected chi connectivity index (χ1v) is 16.3. The molecular formula is C28H50O2Si. The summed E-state index contributed by atoms with van der Waals surface area (Å²) in [6, 6.07) is 0. The van der Waals surface area contributed by atoms with Crippen LogP contribution in [0.3, 0.4) is 0 Å². The van der Waals surface area contributed by atoms with Crippen molar-refractivity contribution in [3.05, 3.63) is 0 Å². The SMILES string of the molecule is CC(=O)[C@H]1CC[C@H]2[C@@H]3C[C@H](O[Si](C)(C)C(C)(C)C)[C@H]4C[C@@H](C)CC[C@]4(C)[C@H]3CC[C@]12C. The van der Waals surface area contributed by atoms with Gasteiger partial charge >= 0.3 is 0 Å². The summed E-state index contributed by atoms with van der Waals surface area (Å²) >= 11 is 0. The number of carbonyl (C=O) groups excluding carboxylic acids is 1. The Morgan fingerprint density at radius 3 is 2.13 bits per heavy atom. The summed E-state index contributed by atoms with van der Waals surface area (Å²) in [5.74, 6) is 4.63. The predicted octanol–water partition coefficient (Wildman–Crippen LogP) is 7.87. The standard InChI is InChI=1S/C28H50O2Si/c1-18-12-14-28(7)23-13-15-27(6)21(19(2)29)10-11-22(27)20(23)17-25(24(28)16-18)30-31(8,9)26(3,4)5/h18,20-25H,10-17H2,1-9H3/t18-,20-,21+,22-,23-,24+,25-,27+,28+/m0/s1. The molecule has 9 atom stereocenters. The van der Waals surface area contributed by atoms with Gasteiger partial charge in [0.05, 0.1) is 0 Å². The number of rotatable bonds is 3. The lowest BCUT2D eigenvalue weighted by atomic mass is 9.43. The van der Waals surface area contributed by atoms with Gasteiger partial charge in [0, 0.05) is 12.0 Å². The maximum absolute atomic E-state index is 12.5. The molecule has 0 aromatic heterocycles. The van der Waals surface area contributed by atoms with E-state index in [0.717, 1.165) is 36.0 Å². The molecule has 0 N–H and O–H groups in total. The van der Waals surface area contributed by atoms with Gasteiger partial charge in [0.2, 0.25) is 0 Å². The molecule has 4 rings (SSSR count). The highest BCUT2D eigenvalue weighted by Gasteiger charge is 2.63. The van der Waals surface area contributed by atoms with Crippen molar-refractivity contribution >= 4 is 14.1 Å². The lowest BCUT2D eigenvalue weighted by molar-refractivity contribution is -0.161. The third kappa shape index (κ3) is 3.72. The highest BCUT2D eigenvalue weighted by atomic mass is 28.4. The highest BCUT2D eigenvalue weighted by Crippen LogP contribution is 2.68. The maximum Gasteiger partial charge on any atom is 0.192 e. The molecule has 4 saturated carbocycles. The first kappa shape index (κ1) is 24.0. The molecule has 0 aromatic rings. The van der Waals surface area contributed by atoms with E-state index in [2.05, 4.69) is 54.6 Å². The van der Waals surface area contributed by atoms with Gasteiger partial charge in [-0.25, -0.2) is 0 Å². The predicted molar refractivity (Wildman–Crippen MR) is 133 cm³/mol. The Bertz CT molecular complexity index is 708. The molecule has 3 heteroatoms. The van der Waals surface area contributed by atoms with Crippen molar-refractivity contribution < 1.29 is 9.22 Å². The molecular weight excluding hydrogens is 396 g/mol. The van der Waals surface area contributed by atoms with Gasteiger partial charge in [-0.05, 0) is 110 Å². The largest absolute Gasteiger partial charge is 0.414 e. The van der Waals surface area contributed by atoms with E-state index in [1.807, 2.05) is 6.92 Å². The molecule has 4 aliphatic carbocycles. The van der Waals surface area contributed by atoms with E-state index in [4.69, 9.17) is 4.43 Å². The number of hydrogen-bond acceptors (Lipinski definition) is 2. The van der Waals surface area contributed by atoms with E-state index in [1.54, 1.807) is 0 Å². The summed E-state index contributed by atoms with van der Waals surface area (Å²) < 4.78 is 7.30. The van der Waals surface area contributed by atoms with Gasteiger partial charge in [0.25, 0.3) is 0 Å². The van der Waals surface area contributed by atoms with E-state index in [-0.39, 0.29) is 10.5 Å². The molecule has 4 fully saturated rings. The summed E-state index contributed by atoms with van der Waals surface area (Å²) in [6.07, 6.45) is 10.8. The van der Waals surface area contributed by atoms with Gasteiger partial charge in [-0.3, -0.25) is 4.79 Å². The zero-order valence-corrected chi connectivity index (χ0v) is 23.0. The normalized spacial score (nSPS) is 48.0. The number of carbonyl (C=O) groups is 1. The highest BCUT2D eigenvalue weighted by molar-refractivity contribution is 6.74. The van der Waals surface area contributed by atoms with E-state index in [0.29, 0.717) is 23.2 Å². The second-order valence-electron chi connectivity index (χ2n) is 14.3. The molecule has 0 bridgehead atoms. The van der Waals surface area contributed by atoms with Crippen molar-refractivity contribution in [1.82, 2.24) is 0 Å². The summed E-state index contributed by atoms with van der Waals surface area (Å²) in [4.78, 5) is 12.5. The van der Waals surface area contributed by atoms with Gasteiger partial charge < -0.3 is 4.43 Å². The molecule has 0 spiro atoms. The van der Waals surface area contributed by atoms with Crippen molar-refractivity contribution in [2.24, 2.45) is 46.3 Å². The van der Waals surface area contributed by atoms with Crippen LogP contribution in [0, 0.1) is 46.3 Å². The van der Waals surface area contributed by atoms with Gasteiger partial charge in [0.15, 0.2) is 8.32 Å². The van der Waals surface area contributed by atoms with Crippen LogP contribution < -0.4 is 0 Å². The smallest absolute Gasteiger partial charge is 0.192 e. The average molecular weight is 447 g/mol. The van der Waals surface area contributed by atoms with Crippen LogP contribution in [0.25, 0.3) is 0 Å². The van der Waals surface area contributed by atoms with Crippen molar-refractivity contribution in [3.8, 4) is 0 Å². The van der Waals surface area contributed by atoms with Crippen LogP contribution >= 0.6 is 0 Å². The summed E-state index contributed by atoms with van der Waals surface area (Å²) in [6.45, 7) is 21.5. The zero-order chi connectivity index (χ0) is 23.0. The van der Waals surface area contributed by atoms with E-state index >= 15 is 0 Å². The van der Waals surface area contributed by atoms with Crippen molar-refractivity contribution in [2.75, 3.05) is 0 Å². The Morgan fingerprint density at radius 2 is 1.52 bits per heavy atom. The Balaban J connectivity index is 1.69. The first-order valence-electron chi connectivity index (χ1n) is 13.4. The Hall–Kier alpha value is -0.153. The lowest BCUT2D eigenvalue weighted by Gasteiger charge is -2.63. The second kappa shape index (κ2) is 7.69. The number of ketones is 1. The van der Waals surface area contributed by atoms with Gasteiger partial charge in [-0.15, -0.1) is 0 Å². The zero-order valence-electron chi connectivity index (χ0n) is 22.0. The minimum Gasteiger partial charge on any atom is -0.414 e. The molecule has 4 aliphatic rings. The molecule has 0 saturated heterocycles. The minimum absolute atomic E-state index is 0.236. The fourth-order valence-electron chi connectivity index (χ4n) is 8.82. The first-order chi connectivity index (χ1) is 14.2. The number of fused-ring (bicyclic) bond motifs is 5. The average Bonchev–Trinajstić information content (AvgIpc) is 2.99. The van der Waals surface area contributed by atoms with Crippen LogP contribution in [0.1, 0.15) is 99.8 Å². The molecule has 0 radical (unpaired) electrons. The molecule has 0 heterocycles. The van der Waals surface area contributed by atoms with Crippen LogP contribution in [0.4, 0.5) is 0 Å². The quantitative estimate of drug-likeness (QED) is 0.412. The van der Waals surface area contributed by atoms with Crippen molar-refractivity contribution in [3.63, 3.8) is 0 Å². The number of Topliss-reactive ketones (excluding diaryl/α,β-unsaturated/α-hetero) is 1. The van der Waals surface area contributed by atoms with Crippen LogP contribution in [0.15, 0.2) is 0 Å². The lowest BCUT2D eigenvalue weighted by Crippen LogP contribution is -2.60. The van der Waals surface area contributed by atoms with Crippen LogP contribution in [-0.4, -0.2) is 20.2 Å². The van der Waals surface area contributed by atoms with E-state index < -0.39 is 8.32 Å². The molecule has 0 aromatic carbocycles. The van der Waals surface area contributed by atoms with E-state index in [1.165, 1.54) is 44.9 Å². The van der Waals surface area contributed by atoms with Crippen molar-refractivity contribution in [2.45, 2.75) is 124 Å². The van der Waals surface area contributed by atoms with Crippen molar-refractivity contribution in [1.29, 1.82) is 0 Å². The molecule has 0 unspecified atom stereocenters. The Kier molecular flexibility index (Phi) is 5.95. The molecule has 2 nitrogen and oxygen atoms in total. The minimum atomic E-state index is -1.82. The molecule has 31 heavy (non-hydrogen) atoms. The second-order valence-corrected chi connectivity index (χ2v) is 19.1. The summed E-state index contributed by atoms with van der Waals surface area (Å²) in [7, 11) is -1.82. The molecule has 178 valence electrons. The third-order valence-corrected chi connectivity index (χ3v) is 16.2. The molecule has 0 amide bonds. The maximum atomic E-state index is 12.5. The topological polar surface area (TPSA) is 26.3 Å². The fraction of sp³-hybridized carbons (Fsp3) is 0.964. The Morgan fingerprint density at radius 1 is 0.903 bits per heavy atom. The third-order valence-electron chi connectivity index (χ3n) is 11.7. The van der Waals surface area contributed by atoms with Gasteiger partial charge in [-0.1, -0.05) is 48.0 Å². The number of hydrogen-bond donors (Lipinski definition) is 0. The van der Waals surface area contributed by atoms with Crippen LogP contribution in [0.5, 0.6) is 0 Å². The van der Waals surface area contributed by atoms with Gasteiger partial charge in [0.1, 0.15) is 5.78 Å². The van der Waals surface area contributed by atoms with Gasteiger partial charge in [-0.2, -0.15) is 0 Å².